The largest absolute Gasteiger partial charge is 0.444 e. The maximum atomic E-state index is 11.6. The fourth-order valence-electron chi connectivity index (χ4n) is 1.51. The number of rotatable bonds is 2. The fraction of sp³-hybridized carbons (Fsp3) is 0.500. The van der Waals surface area contributed by atoms with Crippen molar-refractivity contribution in [3.63, 3.8) is 0 Å². The summed E-state index contributed by atoms with van der Waals surface area (Å²) in [6.45, 7) is 8.66. The molecule has 0 saturated carbocycles. The van der Waals surface area contributed by atoms with Crippen molar-refractivity contribution >= 4 is 23.4 Å². The fourth-order valence-corrected chi connectivity index (χ4v) is 1.92. The highest BCUT2D eigenvalue weighted by Gasteiger charge is 2.20. The summed E-state index contributed by atoms with van der Waals surface area (Å²) in [6, 6.07) is 4.93. The number of halogens is 1. The second kappa shape index (κ2) is 5.39. The molecule has 0 heterocycles. The van der Waals surface area contributed by atoms with Crippen LogP contribution in [-0.4, -0.2) is 16.8 Å². The lowest BCUT2D eigenvalue weighted by Gasteiger charge is -2.21. The van der Waals surface area contributed by atoms with Crippen molar-refractivity contribution in [3.05, 3.63) is 28.8 Å². The summed E-state index contributed by atoms with van der Waals surface area (Å²) in [5.74, 6) is 0. The highest BCUT2D eigenvalue weighted by molar-refractivity contribution is 6.31. The number of carbonyl (C=O) groups is 1. The third kappa shape index (κ3) is 5.09. The van der Waals surface area contributed by atoms with Gasteiger partial charge in [0.05, 0.1) is 5.60 Å². The molecule has 1 aromatic carbocycles. The summed E-state index contributed by atoms with van der Waals surface area (Å²) >= 11 is 6.08. The van der Waals surface area contributed by atoms with E-state index < -0.39 is 17.3 Å². The Balaban J connectivity index is 2.83. The number of nitrogens with one attached hydrogen (secondary N) is 1. The topological polar surface area (TPSA) is 58.6 Å². The Bertz CT molecular complexity index is 473. The monoisotopic (exact) mass is 285 g/mol. The zero-order valence-corrected chi connectivity index (χ0v) is 12.6. The first kappa shape index (κ1) is 15.8. The maximum Gasteiger partial charge on any atom is 0.412 e. The van der Waals surface area contributed by atoms with Crippen LogP contribution >= 0.6 is 11.6 Å². The molecule has 4 nitrogen and oxygen atoms in total. The van der Waals surface area contributed by atoms with Crippen LogP contribution < -0.4 is 5.32 Å². The Morgan fingerprint density at radius 3 is 2.26 bits per heavy atom. The van der Waals surface area contributed by atoms with Gasteiger partial charge < -0.3 is 9.84 Å². The van der Waals surface area contributed by atoms with Gasteiger partial charge in [-0.1, -0.05) is 17.7 Å². The van der Waals surface area contributed by atoms with E-state index in [0.29, 0.717) is 16.3 Å². The predicted octanol–water partition coefficient (Wildman–Crippen LogP) is 3.91. The van der Waals surface area contributed by atoms with E-state index in [1.165, 1.54) is 0 Å². The lowest BCUT2D eigenvalue weighted by molar-refractivity contribution is 0.0636. The van der Waals surface area contributed by atoms with Gasteiger partial charge in [-0.2, -0.15) is 0 Å². The molecule has 106 valence electrons. The van der Waals surface area contributed by atoms with Gasteiger partial charge in [0.2, 0.25) is 0 Å². The molecule has 0 fully saturated rings. The van der Waals surface area contributed by atoms with Crippen LogP contribution in [0.1, 0.15) is 40.2 Å². The molecule has 0 radical (unpaired) electrons. The smallest absolute Gasteiger partial charge is 0.412 e. The van der Waals surface area contributed by atoms with Crippen LogP contribution in [0.5, 0.6) is 0 Å². The molecule has 0 spiro atoms. The number of amides is 1. The molecular weight excluding hydrogens is 266 g/mol. The van der Waals surface area contributed by atoms with Gasteiger partial charge in [-0.25, -0.2) is 4.79 Å². The molecule has 0 aromatic heterocycles. The van der Waals surface area contributed by atoms with Crippen LogP contribution in [0.3, 0.4) is 0 Å². The zero-order chi connectivity index (χ0) is 14.8. The zero-order valence-electron chi connectivity index (χ0n) is 11.9. The molecule has 0 aliphatic rings. The molecule has 0 atom stereocenters. The Hall–Kier alpha value is -1.26. The molecule has 1 amide bonds. The highest BCUT2D eigenvalue weighted by Crippen LogP contribution is 2.30. The number of aliphatic hydroxyl groups is 1. The molecule has 1 rings (SSSR count). The normalized spacial score (nSPS) is 12.2. The summed E-state index contributed by atoms with van der Waals surface area (Å²) in [4.78, 5) is 11.6. The molecule has 19 heavy (non-hydrogen) atoms. The van der Waals surface area contributed by atoms with Crippen LogP contribution in [0.2, 0.25) is 5.02 Å². The van der Waals surface area contributed by atoms with Crippen molar-refractivity contribution < 1.29 is 14.6 Å². The van der Waals surface area contributed by atoms with Crippen molar-refractivity contribution in [1.29, 1.82) is 0 Å². The van der Waals surface area contributed by atoms with Crippen LogP contribution in [-0.2, 0) is 10.3 Å². The molecule has 5 heteroatoms. The van der Waals surface area contributed by atoms with E-state index in [-0.39, 0.29) is 0 Å². The lowest BCUT2D eigenvalue weighted by Crippen LogP contribution is -2.27. The van der Waals surface area contributed by atoms with Gasteiger partial charge in [-0.3, -0.25) is 5.32 Å². The molecule has 0 bridgehead atoms. The minimum absolute atomic E-state index is 0.390. The Morgan fingerprint density at radius 2 is 1.84 bits per heavy atom. The summed E-state index contributed by atoms with van der Waals surface area (Å²) in [7, 11) is 0. The van der Waals surface area contributed by atoms with Crippen LogP contribution in [0.25, 0.3) is 0 Å². The number of hydrogen-bond acceptors (Lipinski definition) is 3. The third-order valence-corrected chi connectivity index (χ3v) is 2.59. The summed E-state index contributed by atoms with van der Waals surface area (Å²) in [5.41, 5.74) is -0.459. The second-order valence-corrected chi connectivity index (χ2v) is 6.29. The minimum atomic E-state index is -1.03. The van der Waals surface area contributed by atoms with Gasteiger partial charge in [0.1, 0.15) is 5.60 Å². The summed E-state index contributed by atoms with van der Waals surface area (Å²) in [6.07, 6.45) is -0.542. The lowest BCUT2D eigenvalue weighted by atomic mass is 9.98. The van der Waals surface area contributed by atoms with Gasteiger partial charge in [0.25, 0.3) is 0 Å². The molecule has 0 saturated heterocycles. The number of benzene rings is 1. The van der Waals surface area contributed by atoms with Crippen molar-refractivity contribution in [2.24, 2.45) is 0 Å². The third-order valence-electron chi connectivity index (χ3n) is 2.27. The molecule has 1 aromatic rings. The number of carbonyl (C=O) groups excluding carboxylic acids is 1. The SMILES string of the molecule is CC(C)(C)OC(=O)Nc1ccc(C(C)(C)O)c(Cl)c1. The van der Waals surface area contributed by atoms with E-state index in [2.05, 4.69) is 5.32 Å². The predicted molar refractivity (Wildman–Crippen MR) is 76.6 cm³/mol. The molecule has 0 aliphatic carbocycles. The van der Waals surface area contributed by atoms with E-state index in [1.807, 2.05) is 0 Å². The van der Waals surface area contributed by atoms with E-state index in [4.69, 9.17) is 16.3 Å². The quantitative estimate of drug-likeness (QED) is 0.866. The molecule has 2 N–H and O–H groups in total. The first-order valence-corrected chi connectivity index (χ1v) is 6.39. The number of anilines is 1. The average Bonchev–Trinajstić information content (AvgIpc) is 2.11. The van der Waals surface area contributed by atoms with Gasteiger partial charge in [-0.15, -0.1) is 0 Å². The standard InChI is InChI=1S/C14H20ClNO3/c1-13(2,3)19-12(17)16-9-6-7-10(11(15)8-9)14(4,5)18/h6-8,18H,1-5H3,(H,16,17). The van der Waals surface area contributed by atoms with Gasteiger partial charge in [0, 0.05) is 16.3 Å². The molecule has 0 aliphatic heterocycles. The van der Waals surface area contributed by atoms with Crippen LogP contribution in [0, 0.1) is 0 Å². The minimum Gasteiger partial charge on any atom is -0.444 e. The second-order valence-electron chi connectivity index (χ2n) is 5.88. The van der Waals surface area contributed by atoms with Gasteiger partial charge in [-0.05, 0) is 46.8 Å². The van der Waals surface area contributed by atoms with Crippen molar-refractivity contribution in [3.8, 4) is 0 Å². The van der Waals surface area contributed by atoms with Crippen molar-refractivity contribution in [1.82, 2.24) is 0 Å². The van der Waals surface area contributed by atoms with Crippen molar-refractivity contribution in [2.75, 3.05) is 5.32 Å². The molecular formula is C14H20ClNO3. The van der Waals surface area contributed by atoms with E-state index in [1.54, 1.807) is 52.8 Å². The summed E-state index contributed by atoms with van der Waals surface area (Å²) in [5, 5.41) is 12.9. The maximum absolute atomic E-state index is 11.6. The Kier molecular flexibility index (Phi) is 4.48. The van der Waals surface area contributed by atoms with E-state index in [9.17, 15) is 9.90 Å². The number of hydrogen-bond donors (Lipinski definition) is 2. The highest BCUT2D eigenvalue weighted by atomic mass is 35.5. The first-order chi connectivity index (χ1) is 8.49. The first-order valence-electron chi connectivity index (χ1n) is 6.01. The van der Waals surface area contributed by atoms with E-state index >= 15 is 0 Å². The van der Waals surface area contributed by atoms with Crippen LogP contribution in [0.4, 0.5) is 10.5 Å². The van der Waals surface area contributed by atoms with Gasteiger partial charge in [0.15, 0.2) is 0 Å². The van der Waals surface area contributed by atoms with Crippen molar-refractivity contribution in [2.45, 2.75) is 45.8 Å². The summed E-state index contributed by atoms with van der Waals surface area (Å²) < 4.78 is 5.14. The van der Waals surface area contributed by atoms with Crippen LogP contribution in [0.15, 0.2) is 18.2 Å². The average molecular weight is 286 g/mol. The van der Waals surface area contributed by atoms with Gasteiger partial charge >= 0.3 is 6.09 Å². The van der Waals surface area contributed by atoms with E-state index in [0.717, 1.165) is 0 Å². The number of ether oxygens (including phenoxy) is 1. The molecule has 0 unspecified atom stereocenters. The Labute approximate surface area is 118 Å². The Morgan fingerprint density at radius 1 is 1.26 bits per heavy atom.